The molecule has 0 N–H and O–H groups in total. The largest absolute Gasteiger partial charge is 0.493 e. The zero-order valence-electron chi connectivity index (χ0n) is 13.2. The van der Waals surface area contributed by atoms with E-state index in [-0.39, 0.29) is 29.8 Å². The summed E-state index contributed by atoms with van der Waals surface area (Å²) >= 11 is 5.60. The van der Waals surface area contributed by atoms with Gasteiger partial charge in [-0.1, -0.05) is 6.07 Å². The molecule has 0 unspecified atom stereocenters. The number of amides is 1. The lowest BCUT2D eigenvalue weighted by Crippen LogP contribution is -2.34. The van der Waals surface area contributed by atoms with Crippen LogP contribution in [0.15, 0.2) is 18.2 Å². The minimum absolute atomic E-state index is 0.0671. The van der Waals surface area contributed by atoms with Crippen molar-refractivity contribution in [1.82, 2.24) is 4.90 Å². The number of hydrogen-bond donors (Lipinski definition) is 0. The maximum absolute atomic E-state index is 11.8. The van der Waals surface area contributed by atoms with Crippen molar-refractivity contribution < 1.29 is 26.9 Å². The van der Waals surface area contributed by atoms with Crippen LogP contribution in [0.2, 0.25) is 0 Å². The van der Waals surface area contributed by atoms with Gasteiger partial charge in [-0.25, -0.2) is 0 Å². The molecule has 0 aliphatic rings. The van der Waals surface area contributed by atoms with Crippen molar-refractivity contribution in [2.75, 3.05) is 39.5 Å². The third-order valence-electron chi connectivity index (χ3n) is 2.87. The second kappa shape index (κ2) is 8.95. The van der Waals surface area contributed by atoms with Crippen LogP contribution in [0.3, 0.4) is 0 Å². The summed E-state index contributed by atoms with van der Waals surface area (Å²) in [5, 5.41) is 0. The number of nitrogens with zero attached hydrogens (tertiary/aromatic N) is 1. The Hall–Kier alpha value is -1.51. The van der Waals surface area contributed by atoms with Crippen LogP contribution in [-0.2, 0) is 26.2 Å². The minimum Gasteiger partial charge on any atom is -0.493 e. The second-order valence-electron chi connectivity index (χ2n) is 4.71. The molecule has 1 aromatic rings. The van der Waals surface area contributed by atoms with E-state index >= 15 is 0 Å². The fourth-order valence-corrected chi connectivity index (χ4v) is 2.47. The highest BCUT2D eigenvalue weighted by atomic mass is 35.5. The number of benzene rings is 1. The van der Waals surface area contributed by atoms with Crippen molar-refractivity contribution in [1.29, 1.82) is 0 Å². The van der Waals surface area contributed by atoms with Crippen LogP contribution < -0.4 is 8.92 Å². The molecule has 0 heterocycles. The van der Waals surface area contributed by atoms with Crippen LogP contribution in [0.4, 0.5) is 0 Å². The molecule has 23 heavy (non-hydrogen) atoms. The lowest BCUT2D eigenvalue weighted by molar-refractivity contribution is -0.129. The molecule has 130 valence electrons. The van der Waals surface area contributed by atoms with E-state index < -0.39 is 10.1 Å². The van der Waals surface area contributed by atoms with E-state index in [9.17, 15) is 13.2 Å². The zero-order chi connectivity index (χ0) is 17.5. The molecule has 9 heteroatoms. The molecule has 0 spiro atoms. The Labute approximate surface area is 141 Å². The van der Waals surface area contributed by atoms with E-state index in [1.54, 1.807) is 12.1 Å². The lowest BCUT2D eigenvalue weighted by Gasteiger charge is -2.22. The topological polar surface area (TPSA) is 82.1 Å². The third kappa shape index (κ3) is 6.64. The van der Waals surface area contributed by atoms with Crippen molar-refractivity contribution >= 4 is 27.6 Å². The highest BCUT2D eigenvalue weighted by Crippen LogP contribution is 2.29. The summed E-state index contributed by atoms with van der Waals surface area (Å²) in [6.45, 7) is 0.987. The van der Waals surface area contributed by atoms with Gasteiger partial charge in [-0.2, -0.15) is 8.42 Å². The fraction of sp³-hybridized carbons (Fsp3) is 0.500. The molecule has 1 amide bonds. The molecule has 0 saturated carbocycles. The molecule has 0 bridgehead atoms. The van der Waals surface area contributed by atoms with Gasteiger partial charge in [0, 0.05) is 20.2 Å². The molecule has 0 aliphatic heterocycles. The molecular weight excluding hydrogens is 346 g/mol. The smallest absolute Gasteiger partial charge is 0.306 e. The van der Waals surface area contributed by atoms with Gasteiger partial charge in [-0.15, -0.1) is 11.6 Å². The van der Waals surface area contributed by atoms with Gasteiger partial charge in [0.25, 0.3) is 0 Å². The summed E-state index contributed by atoms with van der Waals surface area (Å²) in [5.74, 6) is -0.0408. The summed E-state index contributed by atoms with van der Waals surface area (Å²) in [6.07, 6.45) is 0.945. The quantitative estimate of drug-likeness (QED) is 0.484. The SMILES string of the molecule is COCCN(Cc1ccc(OC)c(OS(C)(=O)=O)c1)C(=O)CCl. The zero-order valence-corrected chi connectivity index (χ0v) is 14.8. The molecule has 0 atom stereocenters. The van der Waals surface area contributed by atoms with E-state index in [0.717, 1.165) is 6.26 Å². The number of hydrogen-bond acceptors (Lipinski definition) is 6. The predicted molar refractivity (Wildman–Crippen MR) is 86.5 cm³/mol. The summed E-state index contributed by atoms with van der Waals surface area (Å²) in [7, 11) is -0.747. The summed E-state index contributed by atoms with van der Waals surface area (Å²) in [5.41, 5.74) is 0.680. The molecule has 0 aliphatic carbocycles. The molecule has 0 aromatic heterocycles. The number of methoxy groups -OCH3 is 2. The molecule has 1 aromatic carbocycles. The van der Waals surface area contributed by atoms with Crippen LogP contribution in [-0.4, -0.2) is 58.7 Å². The van der Waals surface area contributed by atoms with Gasteiger partial charge in [-0.05, 0) is 17.7 Å². The fourth-order valence-electron chi connectivity index (χ4n) is 1.85. The number of carbonyl (C=O) groups is 1. The van der Waals surface area contributed by atoms with Crippen LogP contribution in [0.5, 0.6) is 11.5 Å². The Balaban J connectivity index is 3.02. The average molecular weight is 366 g/mol. The second-order valence-corrected chi connectivity index (χ2v) is 6.56. The molecular formula is C14H20ClNO6S. The van der Waals surface area contributed by atoms with Gasteiger partial charge < -0.3 is 18.6 Å². The third-order valence-corrected chi connectivity index (χ3v) is 3.59. The molecule has 0 radical (unpaired) electrons. The van der Waals surface area contributed by atoms with Gasteiger partial charge in [0.1, 0.15) is 5.88 Å². The van der Waals surface area contributed by atoms with Gasteiger partial charge in [0.2, 0.25) is 5.91 Å². The monoisotopic (exact) mass is 365 g/mol. The van der Waals surface area contributed by atoms with E-state index in [4.69, 9.17) is 25.3 Å². The Kier molecular flexibility index (Phi) is 7.60. The maximum atomic E-state index is 11.8. The minimum atomic E-state index is -3.69. The van der Waals surface area contributed by atoms with Crippen molar-refractivity contribution in [2.45, 2.75) is 6.54 Å². The van der Waals surface area contributed by atoms with Gasteiger partial charge in [0.05, 0.1) is 20.0 Å². The number of ether oxygens (including phenoxy) is 2. The van der Waals surface area contributed by atoms with Crippen LogP contribution >= 0.6 is 11.6 Å². The van der Waals surface area contributed by atoms with Gasteiger partial charge in [-0.3, -0.25) is 4.79 Å². The number of halogens is 1. The van der Waals surface area contributed by atoms with E-state index in [1.165, 1.54) is 25.2 Å². The number of alkyl halides is 1. The standard InChI is InChI=1S/C14H20ClNO6S/c1-20-7-6-16(14(17)9-15)10-11-4-5-12(21-2)13(8-11)22-23(3,18)19/h4-5,8H,6-7,9-10H2,1-3H3. The lowest BCUT2D eigenvalue weighted by atomic mass is 10.2. The Morgan fingerprint density at radius 3 is 2.48 bits per heavy atom. The number of rotatable bonds is 9. The van der Waals surface area contributed by atoms with Crippen molar-refractivity contribution in [2.24, 2.45) is 0 Å². The highest BCUT2D eigenvalue weighted by molar-refractivity contribution is 7.86. The van der Waals surface area contributed by atoms with Crippen molar-refractivity contribution in [3.63, 3.8) is 0 Å². The van der Waals surface area contributed by atoms with Crippen LogP contribution in [0.25, 0.3) is 0 Å². The first-order valence-electron chi connectivity index (χ1n) is 6.69. The van der Waals surface area contributed by atoms with E-state index in [1.807, 2.05) is 0 Å². The molecule has 0 saturated heterocycles. The number of carbonyl (C=O) groups excluding carboxylic acids is 1. The van der Waals surface area contributed by atoms with Gasteiger partial charge in [0.15, 0.2) is 11.5 Å². The summed E-state index contributed by atoms with van der Waals surface area (Å²) < 4.78 is 37.6. The summed E-state index contributed by atoms with van der Waals surface area (Å²) in [4.78, 5) is 13.4. The van der Waals surface area contributed by atoms with E-state index in [0.29, 0.717) is 18.7 Å². The average Bonchev–Trinajstić information content (AvgIpc) is 2.49. The normalized spacial score (nSPS) is 11.1. The van der Waals surface area contributed by atoms with Crippen molar-refractivity contribution in [3.05, 3.63) is 23.8 Å². The summed E-state index contributed by atoms with van der Waals surface area (Å²) in [6, 6.07) is 4.81. The molecule has 0 fully saturated rings. The Morgan fingerprint density at radius 1 is 1.26 bits per heavy atom. The first-order chi connectivity index (χ1) is 10.8. The maximum Gasteiger partial charge on any atom is 0.306 e. The van der Waals surface area contributed by atoms with Crippen molar-refractivity contribution in [3.8, 4) is 11.5 Å². The first kappa shape index (κ1) is 19.5. The Morgan fingerprint density at radius 2 is 1.96 bits per heavy atom. The van der Waals surface area contributed by atoms with Gasteiger partial charge >= 0.3 is 10.1 Å². The highest BCUT2D eigenvalue weighted by Gasteiger charge is 2.16. The van der Waals surface area contributed by atoms with Crippen LogP contribution in [0, 0.1) is 0 Å². The predicted octanol–water partition coefficient (Wildman–Crippen LogP) is 1.25. The van der Waals surface area contributed by atoms with E-state index in [2.05, 4.69) is 0 Å². The first-order valence-corrected chi connectivity index (χ1v) is 9.05. The Bertz CT molecular complexity index is 634. The molecule has 7 nitrogen and oxygen atoms in total. The molecule has 1 rings (SSSR count). The van der Waals surface area contributed by atoms with Crippen LogP contribution in [0.1, 0.15) is 5.56 Å².